The maximum Gasteiger partial charge on any atom is 0.416 e. The Kier molecular flexibility index (Phi) is 4.84. The number of ether oxygens (including phenoxy) is 1. The molecule has 2 aromatic carbocycles. The third kappa shape index (κ3) is 4.27. The van der Waals surface area contributed by atoms with E-state index in [9.17, 15) is 13.2 Å². The number of rotatable bonds is 2. The average molecular weight is 380 g/mol. The molecule has 0 aliphatic carbocycles. The van der Waals surface area contributed by atoms with Gasteiger partial charge in [0.05, 0.1) is 11.6 Å². The van der Waals surface area contributed by atoms with Gasteiger partial charge in [0.25, 0.3) is 0 Å². The third-order valence-electron chi connectivity index (χ3n) is 4.15. The van der Waals surface area contributed by atoms with E-state index in [4.69, 9.17) is 17.0 Å². The summed E-state index contributed by atoms with van der Waals surface area (Å²) >= 11 is 5.34. The standard InChI is InChI=1S/C19H19F3N2OS/c1-18(2)11-15(14-5-3-4-6-16(14)25-18)24-17(26)23-13-9-7-12(8-10-13)19(20,21)22/h3-10,15H,11H2,1-2H3,(H2,23,24,26)/t15-/m0/s1. The van der Waals surface area contributed by atoms with E-state index in [-0.39, 0.29) is 11.6 Å². The highest BCUT2D eigenvalue weighted by atomic mass is 32.1. The summed E-state index contributed by atoms with van der Waals surface area (Å²) in [6.45, 7) is 4.01. The molecular formula is C19H19F3N2OS. The number of fused-ring (bicyclic) bond motifs is 1. The first-order valence-electron chi connectivity index (χ1n) is 8.17. The van der Waals surface area contributed by atoms with Crippen LogP contribution in [0.25, 0.3) is 0 Å². The van der Waals surface area contributed by atoms with Crippen LogP contribution in [0.1, 0.15) is 37.4 Å². The number of anilines is 1. The number of thiocarbonyl (C=S) groups is 1. The molecule has 0 fully saturated rings. The molecule has 7 heteroatoms. The molecular weight excluding hydrogens is 361 g/mol. The van der Waals surface area contributed by atoms with Gasteiger partial charge < -0.3 is 15.4 Å². The summed E-state index contributed by atoms with van der Waals surface area (Å²) in [6.07, 6.45) is -3.65. The van der Waals surface area contributed by atoms with E-state index in [2.05, 4.69) is 10.6 Å². The van der Waals surface area contributed by atoms with Gasteiger partial charge in [0.1, 0.15) is 11.4 Å². The van der Waals surface area contributed by atoms with E-state index < -0.39 is 11.7 Å². The lowest BCUT2D eigenvalue weighted by Crippen LogP contribution is -2.42. The Hall–Kier alpha value is -2.28. The zero-order valence-corrected chi connectivity index (χ0v) is 15.2. The Morgan fingerprint density at radius 1 is 1.12 bits per heavy atom. The van der Waals surface area contributed by atoms with Crippen LogP contribution in [0.3, 0.4) is 0 Å². The molecule has 26 heavy (non-hydrogen) atoms. The number of para-hydroxylation sites is 1. The van der Waals surface area contributed by atoms with Crippen LogP contribution >= 0.6 is 12.2 Å². The number of nitrogens with one attached hydrogen (secondary N) is 2. The van der Waals surface area contributed by atoms with Crippen LogP contribution in [-0.4, -0.2) is 10.7 Å². The van der Waals surface area contributed by atoms with Gasteiger partial charge in [-0.1, -0.05) is 18.2 Å². The minimum absolute atomic E-state index is 0.0515. The number of halogens is 3. The summed E-state index contributed by atoms with van der Waals surface area (Å²) in [4.78, 5) is 0. The van der Waals surface area contributed by atoms with Crippen LogP contribution in [0.15, 0.2) is 48.5 Å². The number of alkyl halides is 3. The maximum atomic E-state index is 12.6. The normalized spacial score (nSPS) is 18.4. The van der Waals surface area contributed by atoms with Gasteiger partial charge in [0.2, 0.25) is 0 Å². The first kappa shape index (κ1) is 18.5. The van der Waals surface area contributed by atoms with Crippen molar-refractivity contribution >= 4 is 23.0 Å². The zero-order valence-electron chi connectivity index (χ0n) is 14.4. The number of benzene rings is 2. The van der Waals surface area contributed by atoms with Crippen molar-refractivity contribution in [3.8, 4) is 5.75 Å². The van der Waals surface area contributed by atoms with Crippen molar-refractivity contribution in [1.29, 1.82) is 0 Å². The van der Waals surface area contributed by atoms with E-state index in [1.165, 1.54) is 12.1 Å². The molecule has 3 rings (SSSR count). The second-order valence-electron chi connectivity index (χ2n) is 6.83. The van der Waals surface area contributed by atoms with Crippen molar-refractivity contribution in [2.24, 2.45) is 0 Å². The summed E-state index contributed by atoms with van der Waals surface area (Å²) < 4.78 is 43.9. The van der Waals surface area contributed by atoms with E-state index in [1.807, 2.05) is 38.1 Å². The molecule has 3 nitrogen and oxygen atoms in total. The van der Waals surface area contributed by atoms with Crippen molar-refractivity contribution < 1.29 is 17.9 Å². The van der Waals surface area contributed by atoms with Crippen molar-refractivity contribution in [3.05, 3.63) is 59.7 Å². The van der Waals surface area contributed by atoms with Gasteiger partial charge in [-0.25, -0.2) is 0 Å². The van der Waals surface area contributed by atoms with Crippen LogP contribution in [-0.2, 0) is 6.18 Å². The molecule has 1 aliphatic rings. The molecule has 1 atom stereocenters. The summed E-state index contributed by atoms with van der Waals surface area (Å²) in [5.74, 6) is 0.804. The summed E-state index contributed by atoms with van der Waals surface area (Å²) in [7, 11) is 0. The molecule has 0 radical (unpaired) electrons. The zero-order chi connectivity index (χ0) is 18.9. The van der Waals surface area contributed by atoms with Crippen LogP contribution in [0.4, 0.5) is 18.9 Å². The van der Waals surface area contributed by atoms with Gasteiger partial charge >= 0.3 is 6.18 Å². The topological polar surface area (TPSA) is 33.3 Å². The van der Waals surface area contributed by atoms with E-state index in [1.54, 1.807) is 0 Å². The molecule has 0 saturated carbocycles. The highest BCUT2D eigenvalue weighted by Crippen LogP contribution is 2.39. The lowest BCUT2D eigenvalue weighted by Gasteiger charge is -2.38. The molecule has 1 aliphatic heterocycles. The Morgan fingerprint density at radius 3 is 2.42 bits per heavy atom. The fourth-order valence-corrected chi connectivity index (χ4v) is 3.26. The van der Waals surface area contributed by atoms with Gasteiger partial charge in [-0.3, -0.25) is 0 Å². The van der Waals surface area contributed by atoms with Crippen LogP contribution in [0.5, 0.6) is 5.75 Å². The number of hydrogen-bond donors (Lipinski definition) is 2. The van der Waals surface area contributed by atoms with Gasteiger partial charge in [-0.15, -0.1) is 0 Å². The minimum Gasteiger partial charge on any atom is -0.487 e. The Morgan fingerprint density at radius 2 is 1.77 bits per heavy atom. The van der Waals surface area contributed by atoms with Crippen molar-refractivity contribution in [1.82, 2.24) is 5.32 Å². The number of hydrogen-bond acceptors (Lipinski definition) is 2. The lowest BCUT2D eigenvalue weighted by atomic mass is 9.90. The molecule has 0 spiro atoms. The molecule has 0 amide bonds. The average Bonchev–Trinajstić information content (AvgIpc) is 2.53. The van der Waals surface area contributed by atoms with E-state index >= 15 is 0 Å². The highest BCUT2D eigenvalue weighted by molar-refractivity contribution is 7.80. The quantitative estimate of drug-likeness (QED) is 0.693. The monoisotopic (exact) mass is 380 g/mol. The van der Waals surface area contributed by atoms with Gasteiger partial charge in [0, 0.05) is 17.7 Å². The first-order chi connectivity index (χ1) is 12.1. The van der Waals surface area contributed by atoms with Crippen molar-refractivity contribution in [2.45, 2.75) is 38.1 Å². The molecule has 0 aromatic heterocycles. The molecule has 2 aromatic rings. The maximum absolute atomic E-state index is 12.6. The van der Waals surface area contributed by atoms with E-state index in [0.29, 0.717) is 17.2 Å². The Balaban J connectivity index is 1.70. The van der Waals surface area contributed by atoms with Gasteiger partial charge in [0.15, 0.2) is 5.11 Å². The molecule has 0 saturated heterocycles. The Labute approximate surface area is 155 Å². The lowest BCUT2D eigenvalue weighted by molar-refractivity contribution is -0.137. The van der Waals surface area contributed by atoms with Crippen molar-refractivity contribution in [3.63, 3.8) is 0 Å². The second kappa shape index (κ2) is 6.79. The van der Waals surface area contributed by atoms with Crippen LogP contribution < -0.4 is 15.4 Å². The molecule has 1 heterocycles. The predicted octanol–water partition coefficient (Wildman–Crippen LogP) is 5.29. The molecule has 0 unspecified atom stereocenters. The minimum atomic E-state index is -4.35. The SMILES string of the molecule is CC1(C)C[C@H](NC(=S)Nc2ccc(C(F)(F)F)cc2)c2ccccc2O1. The van der Waals surface area contributed by atoms with Crippen LogP contribution in [0.2, 0.25) is 0 Å². The van der Waals surface area contributed by atoms with Gasteiger partial charge in [-0.2, -0.15) is 13.2 Å². The van der Waals surface area contributed by atoms with Gasteiger partial charge in [-0.05, 0) is 56.4 Å². The molecule has 0 bridgehead atoms. The predicted molar refractivity (Wildman–Crippen MR) is 99.3 cm³/mol. The fourth-order valence-electron chi connectivity index (χ4n) is 3.00. The van der Waals surface area contributed by atoms with Crippen molar-refractivity contribution in [2.75, 3.05) is 5.32 Å². The summed E-state index contributed by atoms with van der Waals surface area (Å²) in [5, 5.41) is 6.53. The Bertz CT molecular complexity index is 803. The highest BCUT2D eigenvalue weighted by Gasteiger charge is 2.34. The summed E-state index contributed by atoms with van der Waals surface area (Å²) in [6, 6.07) is 12.5. The first-order valence-corrected chi connectivity index (χ1v) is 8.58. The fraction of sp³-hybridized carbons (Fsp3) is 0.316. The largest absolute Gasteiger partial charge is 0.487 e. The third-order valence-corrected chi connectivity index (χ3v) is 4.37. The van der Waals surface area contributed by atoms with Crippen LogP contribution in [0, 0.1) is 0 Å². The summed E-state index contributed by atoms with van der Waals surface area (Å²) in [5.41, 5.74) is 0.455. The molecule has 2 N–H and O–H groups in total. The molecule has 138 valence electrons. The smallest absolute Gasteiger partial charge is 0.416 e. The second-order valence-corrected chi connectivity index (χ2v) is 7.24. The van der Waals surface area contributed by atoms with E-state index in [0.717, 1.165) is 23.4 Å².